The molecule has 4 nitrogen and oxygen atoms in total. The average molecular weight is 226 g/mol. The first-order valence-electron chi connectivity index (χ1n) is 5.90. The predicted octanol–water partition coefficient (Wildman–Crippen LogP) is 0.821. The van der Waals surface area contributed by atoms with Crippen LogP contribution < -0.4 is 11.1 Å². The largest absolute Gasteiger partial charge is 0.383 e. The standard InChI is InChI=1S/C12H22N2O2/c1-3-4-11(8-16-2)14-12(15)9-5-6-10(13)7-9/h5-6,9-11H,3-4,7-8,13H2,1-2H3,(H,14,15). The lowest BCUT2D eigenvalue weighted by Crippen LogP contribution is -2.41. The third-order valence-electron chi connectivity index (χ3n) is 2.80. The zero-order valence-corrected chi connectivity index (χ0v) is 10.1. The Morgan fingerprint density at radius 2 is 2.38 bits per heavy atom. The molecule has 4 heteroatoms. The van der Waals surface area contributed by atoms with Crippen LogP contribution in [0.1, 0.15) is 26.2 Å². The lowest BCUT2D eigenvalue weighted by Gasteiger charge is -2.19. The van der Waals surface area contributed by atoms with Gasteiger partial charge in [0.1, 0.15) is 0 Å². The molecule has 0 radical (unpaired) electrons. The van der Waals surface area contributed by atoms with Gasteiger partial charge in [-0.15, -0.1) is 0 Å². The summed E-state index contributed by atoms with van der Waals surface area (Å²) < 4.78 is 5.08. The summed E-state index contributed by atoms with van der Waals surface area (Å²) in [5.41, 5.74) is 5.72. The predicted molar refractivity (Wildman–Crippen MR) is 63.9 cm³/mol. The Morgan fingerprint density at radius 1 is 1.62 bits per heavy atom. The zero-order valence-electron chi connectivity index (χ0n) is 10.1. The van der Waals surface area contributed by atoms with E-state index in [9.17, 15) is 4.79 Å². The van der Waals surface area contributed by atoms with Crippen molar-refractivity contribution in [3.05, 3.63) is 12.2 Å². The number of rotatable bonds is 6. The van der Waals surface area contributed by atoms with Crippen molar-refractivity contribution in [3.63, 3.8) is 0 Å². The molecule has 3 unspecified atom stereocenters. The second kappa shape index (κ2) is 6.66. The van der Waals surface area contributed by atoms with E-state index in [4.69, 9.17) is 10.5 Å². The minimum Gasteiger partial charge on any atom is -0.383 e. The molecular weight excluding hydrogens is 204 g/mol. The van der Waals surface area contributed by atoms with E-state index in [0.717, 1.165) is 19.3 Å². The first-order chi connectivity index (χ1) is 7.67. The van der Waals surface area contributed by atoms with Gasteiger partial charge in [-0.1, -0.05) is 25.5 Å². The van der Waals surface area contributed by atoms with Crippen LogP contribution in [0.2, 0.25) is 0 Å². The fraction of sp³-hybridized carbons (Fsp3) is 0.750. The van der Waals surface area contributed by atoms with Crippen molar-refractivity contribution in [2.75, 3.05) is 13.7 Å². The molecule has 0 heterocycles. The highest BCUT2D eigenvalue weighted by Gasteiger charge is 2.24. The maximum absolute atomic E-state index is 11.9. The Morgan fingerprint density at radius 3 is 2.88 bits per heavy atom. The summed E-state index contributed by atoms with van der Waals surface area (Å²) in [5.74, 6) is 0.00547. The molecule has 1 aliphatic rings. The number of ether oxygens (including phenoxy) is 1. The molecule has 0 bridgehead atoms. The third kappa shape index (κ3) is 3.94. The normalized spacial score (nSPS) is 25.7. The van der Waals surface area contributed by atoms with Crippen molar-refractivity contribution in [2.45, 2.75) is 38.3 Å². The SMILES string of the molecule is CCCC(COC)NC(=O)C1C=CC(N)C1. The van der Waals surface area contributed by atoms with Gasteiger partial charge in [0, 0.05) is 13.2 Å². The molecule has 0 saturated heterocycles. The van der Waals surface area contributed by atoms with Crippen LogP contribution in [-0.4, -0.2) is 31.7 Å². The van der Waals surface area contributed by atoms with Gasteiger partial charge in [-0.25, -0.2) is 0 Å². The zero-order chi connectivity index (χ0) is 12.0. The van der Waals surface area contributed by atoms with Crippen LogP contribution in [0.25, 0.3) is 0 Å². The molecule has 0 aromatic heterocycles. The second-order valence-electron chi connectivity index (χ2n) is 4.34. The highest BCUT2D eigenvalue weighted by Crippen LogP contribution is 2.16. The van der Waals surface area contributed by atoms with E-state index >= 15 is 0 Å². The van der Waals surface area contributed by atoms with Gasteiger partial charge in [0.15, 0.2) is 0 Å². The molecule has 0 spiro atoms. The maximum Gasteiger partial charge on any atom is 0.227 e. The second-order valence-corrected chi connectivity index (χ2v) is 4.34. The van der Waals surface area contributed by atoms with E-state index in [1.54, 1.807) is 7.11 Å². The van der Waals surface area contributed by atoms with Gasteiger partial charge in [0.2, 0.25) is 5.91 Å². The van der Waals surface area contributed by atoms with Crippen molar-refractivity contribution >= 4 is 5.91 Å². The molecule has 3 atom stereocenters. The molecule has 3 N–H and O–H groups in total. The van der Waals surface area contributed by atoms with E-state index in [1.165, 1.54) is 0 Å². The van der Waals surface area contributed by atoms with Crippen molar-refractivity contribution in [3.8, 4) is 0 Å². The highest BCUT2D eigenvalue weighted by atomic mass is 16.5. The quantitative estimate of drug-likeness (QED) is 0.659. The molecule has 0 aromatic rings. The summed E-state index contributed by atoms with van der Waals surface area (Å²) >= 11 is 0. The number of carbonyl (C=O) groups is 1. The number of nitrogens with two attached hydrogens (primary N) is 1. The summed E-state index contributed by atoms with van der Waals surface area (Å²) in [6, 6.07) is 0.149. The van der Waals surface area contributed by atoms with E-state index < -0.39 is 0 Å². The van der Waals surface area contributed by atoms with Crippen LogP contribution >= 0.6 is 0 Å². The van der Waals surface area contributed by atoms with E-state index in [2.05, 4.69) is 12.2 Å². The summed E-state index contributed by atoms with van der Waals surface area (Å²) in [5, 5.41) is 3.01. The third-order valence-corrected chi connectivity index (χ3v) is 2.80. The summed E-state index contributed by atoms with van der Waals surface area (Å²) in [6.07, 6.45) is 6.50. The molecule has 0 saturated carbocycles. The van der Waals surface area contributed by atoms with Crippen LogP contribution in [0, 0.1) is 5.92 Å². The minimum absolute atomic E-state index is 0.0304. The molecule has 1 aliphatic carbocycles. The number of methoxy groups -OCH3 is 1. The first kappa shape index (κ1) is 13.2. The Balaban J connectivity index is 2.39. The smallest absolute Gasteiger partial charge is 0.227 e. The van der Waals surface area contributed by atoms with Gasteiger partial charge < -0.3 is 15.8 Å². The number of hydrogen-bond donors (Lipinski definition) is 2. The minimum atomic E-state index is -0.0637. The number of amides is 1. The van der Waals surface area contributed by atoms with Crippen molar-refractivity contribution < 1.29 is 9.53 Å². The first-order valence-corrected chi connectivity index (χ1v) is 5.90. The Bertz CT molecular complexity index is 247. The van der Waals surface area contributed by atoms with Gasteiger partial charge >= 0.3 is 0 Å². The topological polar surface area (TPSA) is 64.3 Å². The fourth-order valence-electron chi connectivity index (χ4n) is 1.98. The van der Waals surface area contributed by atoms with Gasteiger partial charge in [0.25, 0.3) is 0 Å². The average Bonchev–Trinajstić information content (AvgIpc) is 2.65. The van der Waals surface area contributed by atoms with Gasteiger partial charge in [-0.3, -0.25) is 4.79 Å². The van der Waals surface area contributed by atoms with Gasteiger partial charge in [0.05, 0.1) is 18.6 Å². The van der Waals surface area contributed by atoms with Crippen LogP contribution in [0.4, 0.5) is 0 Å². The van der Waals surface area contributed by atoms with Crippen molar-refractivity contribution in [1.82, 2.24) is 5.32 Å². The van der Waals surface area contributed by atoms with Gasteiger partial charge in [-0.2, -0.15) is 0 Å². The van der Waals surface area contributed by atoms with Crippen molar-refractivity contribution in [2.24, 2.45) is 11.7 Å². The van der Waals surface area contributed by atoms with E-state index in [0.29, 0.717) is 6.61 Å². The number of nitrogens with one attached hydrogen (secondary N) is 1. The molecule has 0 aliphatic heterocycles. The molecule has 0 aromatic carbocycles. The van der Waals surface area contributed by atoms with Gasteiger partial charge in [-0.05, 0) is 12.8 Å². The maximum atomic E-state index is 11.9. The molecular formula is C12H22N2O2. The van der Waals surface area contributed by atoms with Crippen LogP contribution in [-0.2, 0) is 9.53 Å². The lowest BCUT2D eigenvalue weighted by molar-refractivity contribution is -0.124. The highest BCUT2D eigenvalue weighted by molar-refractivity contribution is 5.81. The molecule has 16 heavy (non-hydrogen) atoms. The van der Waals surface area contributed by atoms with Crippen LogP contribution in [0.15, 0.2) is 12.2 Å². The van der Waals surface area contributed by atoms with Crippen LogP contribution in [0.5, 0.6) is 0 Å². The fourth-order valence-corrected chi connectivity index (χ4v) is 1.98. The Hall–Kier alpha value is -0.870. The van der Waals surface area contributed by atoms with Crippen molar-refractivity contribution in [1.29, 1.82) is 0 Å². The molecule has 92 valence electrons. The number of hydrogen-bond acceptors (Lipinski definition) is 3. The summed E-state index contributed by atoms with van der Waals surface area (Å²) in [6.45, 7) is 2.67. The molecule has 1 amide bonds. The lowest BCUT2D eigenvalue weighted by atomic mass is 10.1. The molecule has 0 fully saturated rings. The van der Waals surface area contributed by atoms with Crippen LogP contribution in [0.3, 0.4) is 0 Å². The number of carbonyl (C=O) groups excluding carboxylic acids is 1. The summed E-state index contributed by atoms with van der Waals surface area (Å²) in [7, 11) is 1.65. The Kier molecular flexibility index (Phi) is 5.49. The molecule has 1 rings (SSSR count). The van der Waals surface area contributed by atoms with E-state index in [1.807, 2.05) is 12.2 Å². The monoisotopic (exact) mass is 226 g/mol. The summed E-state index contributed by atoms with van der Waals surface area (Å²) in [4.78, 5) is 11.9. The Labute approximate surface area is 97.2 Å². The van der Waals surface area contributed by atoms with E-state index in [-0.39, 0.29) is 23.9 Å².